The molecule has 0 fully saturated rings. The minimum absolute atomic E-state index is 0.105. The smallest absolute Gasteiger partial charge is 0.462 e. The van der Waals surface area contributed by atoms with Gasteiger partial charge in [-0.15, -0.1) is 0 Å². The first-order valence-corrected chi connectivity index (χ1v) is 40.8. The fraction of sp³-hybridized carbons (Fsp3) is 0.945. The van der Waals surface area contributed by atoms with E-state index in [4.69, 9.17) is 37.0 Å². The summed E-state index contributed by atoms with van der Waals surface area (Å²) in [5.41, 5.74) is 0. The van der Waals surface area contributed by atoms with Crippen LogP contribution in [0.3, 0.4) is 0 Å². The predicted molar refractivity (Wildman–Crippen MR) is 372 cm³/mol. The third-order valence-electron chi connectivity index (χ3n) is 16.9. The molecule has 0 aromatic rings. The van der Waals surface area contributed by atoms with Gasteiger partial charge in [0.05, 0.1) is 26.4 Å². The molecule has 546 valence electrons. The molecular formula is C73H142O17P2. The monoisotopic (exact) mass is 1350 g/mol. The number of hydrogen-bond donors (Lipinski definition) is 3. The zero-order valence-corrected chi connectivity index (χ0v) is 61.8. The number of esters is 4. The predicted octanol–water partition coefficient (Wildman–Crippen LogP) is 21.0. The standard InChI is InChI=1S/C73H142O17P2/c1-8-9-10-11-30-40-47-54-70(75)83-60-68(89-73(78)57-50-43-36-29-23-22-26-33-39-46-53-66(6)7)62-87-91(79,80)85-58-67(74)59-86-92(81,82)88-63-69(61-84-71(76)55-48-41-34-27-20-17-16-19-25-32-38-45-52-65(4)5)90-72(77)56-49-42-35-28-21-15-13-12-14-18-24-31-37-44-51-64(2)3/h64-69,74H,8-63H2,1-7H3,(H,79,80)(H,81,82)/t67-,68+,69+/m0/s1. The van der Waals surface area contributed by atoms with Crippen molar-refractivity contribution in [1.29, 1.82) is 0 Å². The van der Waals surface area contributed by atoms with Crippen LogP contribution in [0.4, 0.5) is 0 Å². The van der Waals surface area contributed by atoms with Gasteiger partial charge < -0.3 is 33.8 Å². The van der Waals surface area contributed by atoms with Gasteiger partial charge in [-0.05, 0) is 43.4 Å². The minimum Gasteiger partial charge on any atom is -0.462 e. The maximum Gasteiger partial charge on any atom is 0.472 e. The second kappa shape index (κ2) is 63.8. The van der Waals surface area contributed by atoms with Gasteiger partial charge in [0.2, 0.25) is 0 Å². The number of aliphatic hydroxyl groups is 1. The van der Waals surface area contributed by atoms with Gasteiger partial charge in [-0.3, -0.25) is 37.3 Å². The Morgan fingerprint density at radius 3 is 0.739 bits per heavy atom. The highest BCUT2D eigenvalue weighted by Gasteiger charge is 2.30. The lowest BCUT2D eigenvalue weighted by atomic mass is 10.0. The lowest BCUT2D eigenvalue weighted by Gasteiger charge is -2.21. The Hall–Kier alpha value is -1.94. The van der Waals surface area contributed by atoms with E-state index in [2.05, 4.69) is 48.5 Å². The largest absolute Gasteiger partial charge is 0.472 e. The van der Waals surface area contributed by atoms with E-state index in [1.54, 1.807) is 0 Å². The van der Waals surface area contributed by atoms with Crippen LogP contribution in [0.2, 0.25) is 0 Å². The van der Waals surface area contributed by atoms with Crippen LogP contribution in [0.5, 0.6) is 0 Å². The van der Waals surface area contributed by atoms with Crippen molar-refractivity contribution in [3.63, 3.8) is 0 Å². The quantitative estimate of drug-likeness (QED) is 0.0222. The maximum absolute atomic E-state index is 13.1. The zero-order chi connectivity index (χ0) is 68.0. The first-order chi connectivity index (χ1) is 44.2. The summed E-state index contributed by atoms with van der Waals surface area (Å²) >= 11 is 0. The van der Waals surface area contributed by atoms with Gasteiger partial charge in [0, 0.05) is 25.7 Å². The molecule has 0 aromatic heterocycles. The van der Waals surface area contributed by atoms with Crippen LogP contribution in [0.15, 0.2) is 0 Å². The molecule has 17 nitrogen and oxygen atoms in total. The number of phosphoric acid groups is 2. The highest BCUT2D eigenvalue weighted by Crippen LogP contribution is 2.45. The fourth-order valence-corrected chi connectivity index (χ4v) is 12.7. The molecule has 0 saturated heterocycles. The average molecular weight is 1350 g/mol. The number of carbonyl (C=O) groups excluding carboxylic acids is 4. The van der Waals surface area contributed by atoms with E-state index in [-0.39, 0.29) is 25.7 Å². The Bertz CT molecular complexity index is 1800. The van der Waals surface area contributed by atoms with Crippen LogP contribution >= 0.6 is 15.6 Å². The molecule has 0 saturated carbocycles. The summed E-state index contributed by atoms with van der Waals surface area (Å²) < 4.78 is 68.3. The number of phosphoric ester groups is 2. The van der Waals surface area contributed by atoms with Crippen LogP contribution in [0.25, 0.3) is 0 Å². The molecule has 3 N–H and O–H groups in total. The van der Waals surface area contributed by atoms with Gasteiger partial charge in [0.15, 0.2) is 12.2 Å². The molecule has 0 rings (SSSR count). The highest BCUT2D eigenvalue weighted by atomic mass is 31.2. The van der Waals surface area contributed by atoms with E-state index in [1.807, 2.05) is 0 Å². The summed E-state index contributed by atoms with van der Waals surface area (Å²) in [4.78, 5) is 72.6. The highest BCUT2D eigenvalue weighted by molar-refractivity contribution is 7.47. The Kier molecular flexibility index (Phi) is 62.4. The number of rotatable bonds is 71. The molecule has 0 aliphatic rings. The number of aliphatic hydroxyl groups excluding tert-OH is 1. The molecule has 0 amide bonds. The van der Waals surface area contributed by atoms with Gasteiger partial charge in [0.25, 0.3) is 0 Å². The molecule has 2 unspecified atom stereocenters. The van der Waals surface area contributed by atoms with Gasteiger partial charge >= 0.3 is 39.5 Å². The molecule has 0 aliphatic heterocycles. The van der Waals surface area contributed by atoms with Crippen molar-refractivity contribution in [3.05, 3.63) is 0 Å². The van der Waals surface area contributed by atoms with Crippen molar-refractivity contribution in [3.8, 4) is 0 Å². The fourth-order valence-electron chi connectivity index (χ4n) is 11.1. The third kappa shape index (κ3) is 66.7. The number of hydrogen-bond acceptors (Lipinski definition) is 15. The molecule has 0 aromatic carbocycles. The molecule has 0 heterocycles. The van der Waals surface area contributed by atoms with Crippen LogP contribution in [-0.2, 0) is 65.4 Å². The summed E-state index contributed by atoms with van der Waals surface area (Å²) in [7, 11) is -9.90. The summed E-state index contributed by atoms with van der Waals surface area (Å²) in [6.45, 7) is 11.9. The number of ether oxygens (including phenoxy) is 4. The summed E-state index contributed by atoms with van der Waals surface area (Å²) in [6.07, 6.45) is 48.7. The van der Waals surface area contributed by atoms with E-state index in [1.165, 1.54) is 167 Å². The summed E-state index contributed by atoms with van der Waals surface area (Å²) in [6, 6.07) is 0. The Labute approximate surface area is 562 Å². The van der Waals surface area contributed by atoms with Gasteiger partial charge in [-0.1, -0.05) is 318 Å². The Morgan fingerprint density at radius 2 is 0.500 bits per heavy atom. The molecule has 19 heteroatoms. The Balaban J connectivity index is 5.21. The average Bonchev–Trinajstić information content (AvgIpc) is 2.35. The van der Waals surface area contributed by atoms with Crippen molar-refractivity contribution in [2.45, 2.75) is 388 Å². The lowest BCUT2D eigenvalue weighted by Crippen LogP contribution is -2.30. The lowest BCUT2D eigenvalue weighted by molar-refractivity contribution is -0.161. The normalized spacial score (nSPS) is 14.1. The third-order valence-corrected chi connectivity index (χ3v) is 18.8. The first kappa shape index (κ1) is 90.1. The minimum atomic E-state index is -4.95. The molecule has 0 radical (unpaired) electrons. The molecule has 5 atom stereocenters. The maximum atomic E-state index is 13.1. The van der Waals surface area contributed by atoms with Gasteiger partial charge in [0.1, 0.15) is 19.3 Å². The zero-order valence-electron chi connectivity index (χ0n) is 60.0. The van der Waals surface area contributed by atoms with Crippen LogP contribution in [-0.4, -0.2) is 96.7 Å². The molecule has 0 bridgehead atoms. The van der Waals surface area contributed by atoms with Crippen molar-refractivity contribution in [2.75, 3.05) is 39.6 Å². The van der Waals surface area contributed by atoms with E-state index in [0.29, 0.717) is 25.7 Å². The molecule has 92 heavy (non-hydrogen) atoms. The first-order valence-electron chi connectivity index (χ1n) is 37.8. The molecule has 0 spiro atoms. The SMILES string of the molecule is CCCCCCCCCC(=O)OC[C@H](COP(=O)(O)OC[C@H](O)COP(=O)(O)OC[C@@H](COC(=O)CCCCCCCCCCCCCCC(C)C)OC(=O)CCCCCCCCCCCCCCCCC(C)C)OC(=O)CCCCCCCCCCCCC(C)C. The van der Waals surface area contributed by atoms with E-state index in [0.717, 1.165) is 120 Å². The van der Waals surface area contributed by atoms with Crippen molar-refractivity contribution in [1.82, 2.24) is 0 Å². The van der Waals surface area contributed by atoms with Crippen LogP contribution in [0.1, 0.15) is 370 Å². The van der Waals surface area contributed by atoms with E-state index < -0.39 is 97.5 Å². The van der Waals surface area contributed by atoms with Crippen LogP contribution < -0.4 is 0 Å². The van der Waals surface area contributed by atoms with Crippen molar-refractivity contribution < 1.29 is 80.2 Å². The molecule has 0 aliphatic carbocycles. The topological polar surface area (TPSA) is 237 Å². The van der Waals surface area contributed by atoms with Crippen molar-refractivity contribution >= 4 is 39.5 Å². The number of carbonyl (C=O) groups is 4. The Morgan fingerprint density at radius 1 is 0.293 bits per heavy atom. The summed E-state index contributed by atoms with van der Waals surface area (Å²) in [5, 5.41) is 10.6. The molecular weight excluding hydrogens is 1210 g/mol. The van der Waals surface area contributed by atoms with E-state index >= 15 is 0 Å². The second-order valence-electron chi connectivity index (χ2n) is 27.8. The van der Waals surface area contributed by atoms with Crippen LogP contribution in [0, 0.1) is 17.8 Å². The van der Waals surface area contributed by atoms with E-state index in [9.17, 15) is 43.2 Å². The van der Waals surface area contributed by atoms with Crippen molar-refractivity contribution in [2.24, 2.45) is 17.8 Å². The second-order valence-corrected chi connectivity index (χ2v) is 30.7. The van der Waals surface area contributed by atoms with Gasteiger partial charge in [-0.25, -0.2) is 9.13 Å². The van der Waals surface area contributed by atoms with Gasteiger partial charge in [-0.2, -0.15) is 0 Å². The number of unbranched alkanes of at least 4 members (excludes halogenated alkanes) is 39. The summed E-state index contributed by atoms with van der Waals surface area (Å²) in [5.74, 6) is 0.204.